The lowest BCUT2D eigenvalue weighted by Crippen LogP contribution is -2.12. The summed E-state index contributed by atoms with van der Waals surface area (Å²) in [4.78, 5) is 0. The molecule has 1 aromatic rings. The zero-order valence-corrected chi connectivity index (χ0v) is 18.7. The number of rotatable bonds is 6. The maximum atomic E-state index is 2.43. The molecule has 0 heteroatoms. The van der Waals surface area contributed by atoms with Crippen LogP contribution in [0.1, 0.15) is 78.9 Å². The zero-order chi connectivity index (χ0) is 20.2. The molecule has 0 aliphatic heterocycles. The maximum absolute atomic E-state index is 2.43. The number of benzene rings is 1. The number of hydrogen-bond acceptors (Lipinski definition) is 0. The lowest BCUT2D eigenvalue weighted by Gasteiger charge is -2.26. The van der Waals surface area contributed by atoms with E-state index >= 15 is 0 Å². The molecule has 0 bridgehead atoms. The molecule has 1 aliphatic carbocycles. The van der Waals surface area contributed by atoms with Crippen molar-refractivity contribution in [2.75, 3.05) is 0 Å². The Hall–Kier alpha value is -1.82. The van der Waals surface area contributed by atoms with Gasteiger partial charge in [-0.2, -0.15) is 0 Å². The van der Waals surface area contributed by atoms with Crippen LogP contribution in [-0.4, -0.2) is 0 Å². The van der Waals surface area contributed by atoms with E-state index in [-0.39, 0.29) is 0 Å². The molecule has 1 aliphatic rings. The molecule has 0 N–H and O–H groups in total. The highest BCUT2D eigenvalue weighted by atomic mass is 14.2. The lowest BCUT2D eigenvalue weighted by molar-refractivity contribution is 0.587. The van der Waals surface area contributed by atoms with Crippen LogP contribution in [0, 0.1) is 11.8 Å². The monoisotopic (exact) mass is 364 g/mol. The predicted octanol–water partition coefficient (Wildman–Crippen LogP) is 8.56. The molecule has 0 heterocycles. The lowest BCUT2D eigenvalue weighted by atomic mass is 9.79. The van der Waals surface area contributed by atoms with Crippen molar-refractivity contribution >= 4 is 6.08 Å². The molecule has 0 saturated carbocycles. The molecule has 0 aromatic heterocycles. The van der Waals surface area contributed by atoms with Crippen LogP contribution >= 0.6 is 0 Å². The van der Waals surface area contributed by atoms with Gasteiger partial charge in [0.25, 0.3) is 0 Å². The van der Waals surface area contributed by atoms with Crippen LogP contribution in [0.2, 0.25) is 0 Å². The van der Waals surface area contributed by atoms with Crippen LogP contribution in [0.3, 0.4) is 0 Å². The summed E-state index contributed by atoms with van der Waals surface area (Å²) in [7, 11) is 0. The Morgan fingerprint density at radius 1 is 1.07 bits per heavy atom. The summed E-state index contributed by atoms with van der Waals surface area (Å²) < 4.78 is 0. The van der Waals surface area contributed by atoms with E-state index in [1.165, 1.54) is 29.5 Å². The van der Waals surface area contributed by atoms with Gasteiger partial charge in [0.1, 0.15) is 0 Å². The Morgan fingerprint density at radius 2 is 1.74 bits per heavy atom. The normalized spacial score (nSPS) is 17.5. The van der Waals surface area contributed by atoms with Crippen LogP contribution in [-0.2, 0) is 6.42 Å². The molecule has 1 atom stereocenters. The molecular formula is C27H40. The molecule has 0 amide bonds. The highest BCUT2D eigenvalue weighted by Crippen LogP contribution is 2.34. The van der Waals surface area contributed by atoms with Crippen molar-refractivity contribution in [2.45, 2.75) is 74.1 Å². The molecular weight excluding hydrogens is 324 g/mol. The fraction of sp³-hybridized carbons (Fsp3) is 0.481. The first-order valence-electron chi connectivity index (χ1n) is 10.6. The fourth-order valence-electron chi connectivity index (χ4n) is 3.17. The van der Waals surface area contributed by atoms with Gasteiger partial charge in [0.15, 0.2) is 0 Å². The fourth-order valence-corrected chi connectivity index (χ4v) is 3.17. The minimum Gasteiger partial charge on any atom is -0.0916 e. The van der Waals surface area contributed by atoms with Crippen molar-refractivity contribution in [3.8, 4) is 0 Å². The van der Waals surface area contributed by atoms with Crippen molar-refractivity contribution in [3.63, 3.8) is 0 Å². The quantitative estimate of drug-likeness (QED) is 0.443. The van der Waals surface area contributed by atoms with Gasteiger partial charge in [0, 0.05) is 0 Å². The third kappa shape index (κ3) is 8.16. The minimum atomic E-state index is 0.651. The summed E-state index contributed by atoms with van der Waals surface area (Å²) in [6, 6.07) is 8.76. The van der Waals surface area contributed by atoms with Crippen LogP contribution in [0.25, 0.3) is 6.08 Å². The topological polar surface area (TPSA) is 0 Å². The van der Waals surface area contributed by atoms with Gasteiger partial charge in [0.2, 0.25) is 0 Å². The van der Waals surface area contributed by atoms with Crippen LogP contribution < -0.4 is 0 Å². The number of allylic oxidation sites excluding steroid dienone is 7. The summed E-state index contributed by atoms with van der Waals surface area (Å²) in [5, 5.41) is 0. The first kappa shape index (κ1) is 23.2. The molecule has 148 valence electrons. The van der Waals surface area contributed by atoms with Gasteiger partial charge in [-0.1, -0.05) is 98.6 Å². The van der Waals surface area contributed by atoms with Crippen LogP contribution in [0.15, 0.2) is 65.3 Å². The first-order chi connectivity index (χ1) is 12.9. The third-order valence-corrected chi connectivity index (χ3v) is 5.42. The van der Waals surface area contributed by atoms with Gasteiger partial charge in [-0.25, -0.2) is 0 Å². The Bertz CT molecular complexity index is 680. The van der Waals surface area contributed by atoms with Crippen molar-refractivity contribution in [1.29, 1.82) is 0 Å². The van der Waals surface area contributed by atoms with E-state index in [1.54, 1.807) is 11.1 Å². The Morgan fingerprint density at radius 3 is 2.33 bits per heavy atom. The predicted molar refractivity (Wildman–Crippen MR) is 124 cm³/mol. The van der Waals surface area contributed by atoms with Gasteiger partial charge in [-0.3, -0.25) is 0 Å². The molecule has 0 saturated heterocycles. The molecule has 2 rings (SSSR count). The van der Waals surface area contributed by atoms with Gasteiger partial charge < -0.3 is 0 Å². The van der Waals surface area contributed by atoms with E-state index in [4.69, 9.17) is 0 Å². The second-order valence-electron chi connectivity index (χ2n) is 8.07. The highest BCUT2D eigenvalue weighted by Gasteiger charge is 2.19. The van der Waals surface area contributed by atoms with E-state index in [0.717, 1.165) is 18.8 Å². The number of hydrogen-bond donors (Lipinski definition) is 0. The Kier molecular flexibility index (Phi) is 10.8. The second kappa shape index (κ2) is 12.5. The zero-order valence-electron chi connectivity index (χ0n) is 18.7. The van der Waals surface area contributed by atoms with Crippen molar-refractivity contribution < 1.29 is 0 Å². The van der Waals surface area contributed by atoms with Crippen molar-refractivity contribution in [3.05, 3.63) is 76.4 Å². The summed E-state index contributed by atoms with van der Waals surface area (Å²) >= 11 is 0. The van der Waals surface area contributed by atoms with Crippen molar-refractivity contribution in [1.82, 2.24) is 0 Å². The summed E-state index contributed by atoms with van der Waals surface area (Å²) in [6.45, 7) is 15.4. The van der Waals surface area contributed by atoms with Crippen LogP contribution in [0.4, 0.5) is 0 Å². The van der Waals surface area contributed by atoms with Gasteiger partial charge in [-0.15, -0.1) is 0 Å². The Balaban J connectivity index is 0.000000646. The Labute approximate surface area is 168 Å². The van der Waals surface area contributed by atoms with E-state index in [1.807, 2.05) is 0 Å². The molecule has 0 fully saturated rings. The first-order valence-corrected chi connectivity index (χ1v) is 10.6. The van der Waals surface area contributed by atoms with E-state index < -0.39 is 0 Å². The SMILES string of the molecule is CC=CCC1CC(C)=C(C)C=C1Cc1ccccc1/C=C\C.CCC(C)C. The average molecular weight is 365 g/mol. The molecule has 0 nitrogen and oxygen atoms in total. The molecule has 0 spiro atoms. The van der Waals surface area contributed by atoms with E-state index in [9.17, 15) is 0 Å². The minimum absolute atomic E-state index is 0.651. The smallest absolute Gasteiger partial charge is 0.00549 e. The van der Waals surface area contributed by atoms with Crippen LogP contribution in [0.5, 0.6) is 0 Å². The standard InChI is InChI=1S/C22H28.C5H12/c1-5-7-11-20-14-17(3)18(4)15-22(20)16-21-13-9-8-12-19(21)10-6-2;1-4-5(2)3/h5-10,12-13,15,20H,11,14,16H2,1-4H3;5H,4H2,1-3H3/b7-5?,10-6-;. The van der Waals surface area contributed by atoms with Gasteiger partial charge >= 0.3 is 0 Å². The largest absolute Gasteiger partial charge is 0.0916 e. The molecule has 27 heavy (non-hydrogen) atoms. The molecule has 0 radical (unpaired) electrons. The summed E-state index contributed by atoms with van der Waals surface area (Å²) in [5.41, 5.74) is 7.36. The third-order valence-electron chi connectivity index (χ3n) is 5.42. The second-order valence-corrected chi connectivity index (χ2v) is 8.07. The maximum Gasteiger partial charge on any atom is -0.00549 e. The summed E-state index contributed by atoms with van der Waals surface area (Å²) in [6.07, 6.45) is 16.0. The van der Waals surface area contributed by atoms with Gasteiger partial charge in [-0.05, 0) is 69.9 Å². The molecule has 1 aromatic carbocycles. The summed E-state index contributed by atoms with van der Waals surface area (Å²) in [5.74, 6) is 1.54. The highest BCUT2D eigenvalue weighted by molar-refractivity contribution is 5.54. The molecule has 1 unspecified atom stereocenters. The van der Waals surface area contributed by atoms with E-state index in [0.29, 0.717) is 5.92 Å². The van der Waals surface area contributed by atoms with E-state index in [2.05, 4.69) is 103 Å². The van der Waals surface area contributed by atoms with Gasteiger partial charge in [0.05, 0.1) is 0 Å². The van der Waals surface area contributed by atoms with Crippen molar-refractivity contribution in [2.24, 2.45) is 11.8 Å². The average Bonchev–Trinajstić information content (AvgIpc) is 2.65.